The Morgan fingerprint density at radius 3 is 3.31 bits per heavy atom. The van der Waals surface area contributed by atoms with Crippen LogP contribution >= 0.6 is 11.8 Å². The van der Waals surface area contributed by atoms with E-state index in [0.29, 0.717) is 13.2 Å². The first-order chi connectivity index (χ1) is 6.31. The van der Waals surface area contributed by atoms with Crippen molar-refractivity contribution in [2.45, 2.75) is 17.8 Å². The minimum atomic E-state index is -0.0698. The second-order valence-electron chi connectivity index (χ2n) is 2.88. The molecule has 2 N–H and O–H groups in total. The topological polar surface area (TPSA) is 61.0 Å². The summed E-state index contributed by atoms with van der Waals surface area (Å²) >= 11 is 1.52. The molecule has 1 aromatic heterocycles. The van der Waals surface area contributed by atoms with Crippen molar-refractivity contribution < 1.29 is 4.74 Å². The minimum Gasteiger partial charge on any atom is -0.373 e. The zero-order valence-electron chi connectivity index (χ0n) is 7.36. The molecule has 1 aliphatic rings. The van der Waals surface area contributed by atoms with Gasteiger partial charge in [-0.15, -0.1) is 0 Å². The quantitative estimate of drug-likeness (QED) is 0.531. The monoisotopic (exact) mass is 197 g/mol. The van der Waals surface area contributed by atoms with Crippen LogP contribution in [0, 0.1) is 0 Å². The van der Waals surface area contributed by atoms with Gasteiger partial charge in [-0.25, -0.2) is 9.97 Å². The molecule has 2 rings (SSSR count). The van der Waals surface area contributed by atoms with Crippen LogP contribution in [0.4, 0.5) is 0 Å². The fourth-order valence-corrected chi connectivity index (χ4v) is 1.66. The molecule has 0 saturated carbocycles. The predicted octanol–water partition coefficient (Wildman–Crippen LogP) is 0.728. The summed E-state index contributed by atoms with van der Waals surface area (Å²) in [6, 6.07) is -0.0698. The molecule has 0 spiro atoms. The van der Waals surface area contributed by atoms with Crippen LogP contribution in [-0.2, 0) is 11.3 Å². The van der Waals surface area contributed by atoms with E-state index in [1.165, 1.54) is 11.8 Å². The van der Waals surface area contributed by atoms with Crippen LogP contribution in [0.2, 0.25) is 0 Å². The Balaban J connectivity index is 2.39. The summed E-state index contributed by atoms with van der Waals surface area (Å²) in [5, 5.41) is 0.774. The molecule has 4 nitrogen and oxygen atoms in total. The average molecular weight is 197 g/mol. The van der Waals surface area contributed by atoms with Gasteiger partial charge in [0.15, 0.2) is 5.16 Å². The van der Waals surface area contributed by atoms with Gasteiger partial charge in [-0.3, -0.25) is 0 Å². The van der Waals surface area contributed by atoms with Gasteiger partial charge >= 0.3 is 0 Å². The Kier molecular flexibility index (Phi) is 2.48. The van der Waals surface area contributed by atoms with Crippen molar-refractivity contribution in [3.63, 3.8) is 0 Å². The van der Waals surface area contributed by atoms with Crippen molar-refractivity contribution in [2.75, 3.05) is 12.9 Å². The summed E-state index contributed by atoms with van der Waals surface area (Å²) < 4.78 is 5.28. The van der Waals surface area contributed by atoms with Crippen LogP contribution in [0.5, 0.6) is 0 Å². The van der Waals surface area contributed by atoms with Crippen molar-refractivity contribution in [1.82, 2.24) is 9.97 Å². The number of nitrogens with zero attached hydrogens (tertiary/aromatic N) is 2. The Labute approximate surface area is 80.9 Å². The lowest BCUT2D eigenvalue weighted by atomic mass is 10.1. The van der Waals surface area contributed by atoms with Gasteiger partial charge in [-0.2, -0.15) is 0 Å². The van der Waals surface area contributed by atoms with Gasteiger partial charge in [0.1, 0.15) is 0 Å². The van der Waals surface area contributed by atoms with Crippen molar-refractivity contribution in [3.8, 4) is 0 Å². The Bertz CT molecular complexity index is 318. The molecule has 1 unspecified atom stereocenters. The third-order valence-corrected chi connectivity index (χ3v) is 2.56. The molecule has 0 aromatic carbocycles. The highest BCUT2D eigenvalue weighted by Gasteiger charge is 2.19. The van der Waals surface area contributed by atoms with Crippen LogP contribution in [-0.4, -0.2) is 22.8 Å². The van der Waals surface area contributed by atoms with Crippen molar-refractivity contribution >= 4 is 11.8 Å². The van der Waals surface area contributed by atoms with Crippen LogP contribution < -0.4 is 5.73 Å². The second-order valence-corrected chi connectivity index (χ2v) is 3.65. The van der Waals surface area contributed by atoms with Gasteiger partial charge in [-0.1, -0.05) is 11.8 Å². The Hall–Kier alpha value is -0.650. The van der Waals surface area contributed by atoms with E-state index in [1.54, 1.807) is 6.20 Å². The molecule has 0 aliphatic carbocycles. The molecule has 1 aromatic rings. The molecular formula is C8H11N3OS. The molecule has 1 atom stereocenters. The van der Waals surface area contributed by atoms with Gasteiger partial charge in [0.05, 0.1) is 24.9 Å². The molecule has 0 fully saturated rings. The van der Waals surface area contributed by atoms with E-state index in [1.807, 2.05) is 6.26 Å². The van der Waals surface area contributed by atoms with Crippen LogP contribution in [0.1, 0.15) is 17.3 Å². The number of nitrogens with two attached hydrogens (primary N) is 1. The zero-order valence-corrected chi connectivity index (χ0v) is 8.17. The average Bonchev–Trinajstić information content (AvgIpc) is 2.18. The summed E-state index contributed by atoms with van der Waals surface area (Å²) in [5.74, 6) is 0. The summed E-state index contributed by atoms with van der Waals surface area (Å²) in [7, 11) is 0. The lowest BCUT2D eigenvalue weighted by Crippen LogP contribution is -2.24. The van der Waals surface area contributed by atoms with Crippen LogP contribution in [0.3, 0.4) is 0 Å². The molecule has 0 radical (unpaired) electrons. The number of ether oxygens (including phenoxy) is 1. The van der Waals surface area contributed by atoms with Crippen molar-refractivity contribution in [3.05, 3.63) is 17.5 Å². The summed E-state index contributed by atoms with van der Waals surface area (Å²) in [6.45, 7) is 1.12. The maximum Gasteiger partial charge on any atom is 0.187 e. The number of fused-ring (bicyclic) bond motifs is 1. The maximum absolute atomic E-state index is 5.83. The van der Waals surface area contributed by atoms with Crippen LogP contribution in [0.15, 0.2) is 11.4 Å². The predicted molar refractivity (Wildman–Crippen MR) is 50.4 cm³/mol. The SMILES string of the molecule is CSc1ncc2c(n1)COCC2N. The lowest BCUT2D eigenvalue weighted by Gasteiger charge is -2.21. The first-order valence-electron chi connectivity index (χ1n) is 4.04. The molecule has 13 heavy (non-hydrogen) atoms. The maximum atomic E-state index is 5.83. The number of thioether (sulfide) groups is 1. The van der Waals surface area contributed by atoms with Gasteiger partial charge in [-0.05, 0) is 6.26 Å². The van der Waals surface area contributed by atoms with Gasteiger partial charge in [0.2, 0.25) is 0 Å². The normalized spacial score (nSPS) is 21.2. The standard InChI is InChI=1S/C8H11N3OS/c1-13-8-10-2-5-6(9)3-12-4-7(5)11-8/h2,6H,3-4,9H2,1H3. The number of hydrogen-bond donors (Lipinski definition) is 1. The van der Waals surface area contributed by atoms with Gasteiger partial charge < -0.3 is 10.5 Å². The fraction of sp³-hybridized carbons (Fsp3) is 0.500. The molecule has 0 amide bonds. The van der Waals surface area contributed by atoms with Crippen molar-refractivity contribution in [2.24, 2.45) is 5.73 Å². The van der Waals surface area contributed by atoms with Gasteiger partial charge in [0, 0.05) is 11.8 Å². The Morgan fingerprint density at radius 1 is 1.69 bits per heavy atom. The van der Waals surface area contributed by atoms with E-state index in [-0.39, 0.29) is 6.04 Å². The third kappa shape index (κ3) is 1.67. The molecule has 2 heterocycles. The second kappa shape index (κ2) is 3.61. The lowest BCUT2D eigenvalue weighted by molar-refractivity contribution is 0.0882. The first-order valence-corrected chi connectivity index (χ1v) is 5.27. The smallest absolute Gasteiger partial charge is 0.187 e. The summed E-state index contributed by atoms with van der Waals surface area (Å²) in [6.07, 6.45) is 3.76. The van der Waals surface area contributed by atoms with E-state index in [0.717, 1.165) is 16.4 Å². The van der Waals surface area contributed by atoms with E-state index >= 15 is 0 Å². The van der Waals surface area contributed by atoms with Gasteiger partial charge in [0.25, 0.3) is 0 Å². The molecular weight excluding hydrogens is 186 g/mol. The third-order valence-electron chi connectivity index (χ3n) is 2.00. The van der Waals surface area contributed by atoms with Crippen molar-refractivity contribution in [1.29, 1.82) is 0 Å². The molecule has 0 saturated heterocycles. The number of aromatic nitrogens is 2. The number of rotatable bonds is 1. The summed E-state index contributed by atoms with van der Waals surface area (Å²) in [4.78, 5) is 8.51. The van der Waals surface area contributed by atoms with E-state index < -0.39 is 0 Å². The zero-order chi connectivity index (χ0) is 9.26. The molecule has 70 valence electrons. The molecule has 5 heteroatoms. The highest BCUT2D eigenvalue weighted by Crippen LogP contribution is 2.22. The fourth-order valence-electron chi connectivity index (χ4n) is 1.30. The molecule has 1 aliphatic heterocycles. The molecule has 0 bridgehead atoms. The van der Waals surface area contributed by atoms with Crippen LogP contribution in [0.25, 0.3) is 0 Å². The van der Waals surface area contributed by atoms with E-state index in [4.69, 9.17) is 10.5 Å². The Morgan fingerprint density at radius 2 is 2.54 bits per heavy atom. The number of hydrogen-bond acceptors (Lipinski definition) is 5. The largest absolute Gasteiger partial charge is 0.373 e. The minimum absolute atomic E-state index is 0.0698. The van der Waals surface area contributed by atoms with E-state index in [9.17, 15) is 0 Å². The highest BCUT2D eigenvalue weighted by molar-refractivity contribution is 7.98. The first kappa shape index (κ1) is 8.93. The summed E-state index contributed by atoms with van der Waals surface area (Å²) in [5.41, 5.74) is 7.77. The van der Waals surface area contributed by atoms with E-state index in [2.05, 4.69) is 9.97 Å². The highest BCUT2D eigenvalue weighted by atomic mass is 32.2.